The molecule has 0 aromatic heterocycles. The van der Waals surface area contributed by atoms with Crippen LogP contribution in [0.2, 0.25) is 72.5 Å². The first-order chi connectivity index (χ1) is 15.6. The van der Waals surface area contributed by atoms with Gasteiger partial charge in [0.05, 0.1) is 0 Å². The Balaban J connectivity index is 4.53. The van der Waals surface area contributed by atoms with Gasteiger partial charge in [-0.05, 0) is 0 Å². The summed E-state index contributed by atoms with van der Waals surface area (Å²) in [5.41, 5.74) is 4.68. The molecule has 0 radical (unpaired) electrons. The van der Waals surface area contributed by atoms with Crippen LogP contribution in [-0.4, -0.2) is 53.9 Å². The molecule has 0 amide bonds. The van der Waals surface area contributed by atoms with Gasteiger partial charge in [0.15, 0.2) is 0 Å². The Morgan fingerprint density at radius 3 is 1.11 bits per heavy atom. The van der Waals surface area contributed by atoms with Crippen molar-refractivity contribution in [3.8, 4) is 0 Å². The van der Waals surface area contributed by atoms with Crippen LogP contribution in [0.1, 0.15) is 83.1 Å². The van der Waals surface area contributed by atoms with Crippen molar-refractivity contribution in [3.63, 3.8) is 0 Å². The first-order valence-electron chi connectivity index (χ1n) is 14.6. The fourth-order valence-corrected chi connectivity index (χ4v) is 67.0. The topological polar surface area (TPSA) is 3.24 Å². The molecule has 0 N–H and O–H groups in total. The number of hydrogen-bond donors (Lipinski definition) is 0. The van der Waals surface area contributed by atoms with E-state index >= 15 is 0 Å². The van der Waals surface area contributed by atoms with Crippen molar-refractivity contribution in [1.29, 1.82) is 0 Å². The second kappa shape index (κ2) is 11.7. The van der Waals surface area contributed by atoms with Crippen molar-refractivity contribution in [3.05, 3.63) is 22.3 Å². The molecule has 0 aliphatic carbocycles. The Morgan fingerprint density at radius 2 is 0.857 bits per heavy atom. The van der Waals surface area contributed by atoms with Gasteiger partial charge in [0.1, 0.15) is 0 Å². The van der Waals surface area contributed by atoms with E-state index in [2.05, 4.69) is 152 Å². The molecule has 1 rings (SSSR count). The van der Waals surface area contributed by atoms with Crippen LogP contribution >= 0.6 is 0 Å². The summed E-state index contributed by atoms with van der Waals surface area (Å²) < 4.78 is 7.49. The molecular weight excluding hydrogens is 547 g/mol. The van der Waals surface area contributed by atoms with Gasteiger partial charge >= 0.3 is 232 Å². The second-order valence-electron chi connectivity index (χ2n) is 15.2. The van der Waals surface area contributed by atoms with Crippen molar-refractivity contribution in [1.82, 2.24) is 3.19 Å². The zero-order valence-electron chi connectivity index (χ0n) is 27.1. The molecule has 1 aliphatic rings. The van der Waals surface area contributed by atoms with Crippen LogP contribution in [-0.2, 0) is 0 Å². The molecule has 204 valence electrons. The van der Waals surface area contributed by atoms with Crippen LogP contribution in [0.5, 0.6) is 0 Å². The van der Waals surface area contributed by atoms with Gasteiger partial charge in [0.2, 0.25) is 0 Å². The Hall–Kier alpha value is 0.560. The van der Waals surface area contributed by atoms with E-state index in [1.165, 1.54) is 0 Å². The van der Waals surface area contributed by atoms with Gasteiger partial charge in [0, 0.05) is 0 Å². The fraction of sp³-hybridized carbons (Fsp3) is 0.828. The molecule has 0 bridgehead atoms. The predicted molar refractivity (Wildman–Crippen MR) is 179 cm³/mol. The van der Waals surface area contributed by atoms with Crippen LogP contribution in [0.4, 0.5) is 0 Å². The Bertz CT molecular complexity index is 763. The molecule has 1 nitrogen and oxygen atoms in total. The standard InChI is InChI=1S/C29H63GeNSi4/c1-22(2)34(23(3)4,24(5)6)28-20-19-21-29(35(25(7)8,26(9)10)27(11)12)30(28)31(32(13,14)15)33(16,17)18/h19-27H,1-18H3. The quantitative estimate of drug-likeness (QED) is 0.211. The van der Waals surface area contributed by atoms with Gasteiger partial charge in [0.25, 0.3) is 0 Å². The van der Waals surface area contributed by atoms with Gasteiger partial charge < -0.3 is 0 Å². The molecule has 0 fully saturated rings. The third-order valence-electron chi connectivity index (χ3n) is 9.27. The maximum atomic E-state index is 3.38. The molecule has 6 heteroatoms. The third-order valence-corrected chi connectivity index (χ3v) is 52.1. The summed E-state index contributed by atoms with van der Waals surface area (Å²) in [6.07, 6.45) is 8.02. The summed E-state index contributed by atoms with van der Waals surface area (Å²) in [7, 11) is -6.58. The van der Waals surface area contributed by atoms with Crippen LogP contribution in [0.3, 0.4) is 0 Å². The Kier molecular flexibility index (Phi) is 11.3. The van der Waals surface area contributed by atoms with Gasteiger partial charge in [-0.25, -0.2) is 0 Å². The Morgan fingerprint density at radius 1 is 0.543 bits per heavy atom. The average Bonchev–Trinajstić information content (AvgIpc) is 2.60. The van der Waals surface area contributed by atoms with Gasteiger partial charge in [-0.15, -0.1) is 0 Å². The molecule has 1 heterocycles. The van der Waals surface area contributed by atoms with Gasteiger partial charge in [-0.1, -0.05) is 0 Å². The number of allylic oxidation sites excluding steroid dienone is 3. The summed E-state index contributed by atoms with van der Waals surface area (Å²) in [6, 6.07) is 0. The van der Waals surface area contributed by atoms with E-state index in [-0.39, 0.29) is 0 Å². The first-order valence-corrected chi connectivity index (χ1v) is 29.0. The molecule has 35 heavy (non-hydrogen) atoms. The molecular formula is C29H63GeNSi4. The van der Waals surface area contributed by atoms with Crippen molar-refractivity contribution in [2.75, 3.05) is 0 Å². The van der Waals surface area contributed by atoms with Crippen molar-refractivity contribution < 1.29 is 0 Å². The van der Waals surface area contributed by atoms with Gasteiger partial charge in [-0.2, -0.15) is 0 Å². The molecule has 0 aromatic rings. The number of hydrogen-bond acceptors (Lipinski definition) is 1. The Labute approximate surface area is 230 Å². The molecule has 0 saturated heterocycles. The van der Waals surface area contributed by atoms with Crippen LogP contribution in [0, 0.1) is 0 Å². The second-order valence-corrected chi connectivity index (χ2v) is 45.6. The monoisotopic (exact) mass is 611 g/mol. The summed E-state index contributed by atoms with van der Waals surface area (Å²) >= 11 is -1.95. The van der Waals surface area contributed by atoms with E-state index in [0.29, 0.717) is 0 Å². The third kappa shape index (κ3) is 5.94. The summed E-state index contributed by atoms with van der Waals surface area (Å²) in [5, 5.41) is 0. The van der Waals surface area contributed by atoms with E-state index in [1.54, 1.807) is 0 Å². The molecule has 0 atom stereocenters. The molecule has 0 spiro atoms. The molecule has 0 saturated carbocycles. The van der Waals surface area contributed by atoms with E-state index in [0.717, 1.165) is 33.2 Å². The minimum atomic E-state index is -1.95. The van der Waals surface area contributed by atoms with Crippen LogP contribution in [0.25, 0.3) is 0 Å². The van der Waals surface area contributed by atoms with Crippen LogP contribution in [0.15, 0.2) is 22.3 Å². The summed E-state index contributed by atoms with van der Waals surface area (Å²) in [4.78, 5) is 0. The SMILES string of the molecule is CC(C)[Si]([C]1=CC=C[C]([Si](C(C)C)(C(C)C)C(C)C)=[Ge]1[N]([Si](C)(C)C)[Si](C)(C)C)(C(C)C)C(C)C. The number of nitrogens with zero attached hydrogens (tertiary/aromatic N) is 1. The normalized spacial score (nSPS) is 16.6. The molecule has 0 unspecified atom stereocenters. The summed E-state index contributed by atoms with van der Waals surface area (Å²) in [5.74, 6) is 0. The summed E-state index contributed by atoms with van der Waals surface area (Å²) in [6.45, 7) is 47.1. The zero-order valence-corrected chi connectivity index (χ0v) is 33.2. The van der Waals surface area contributed by atoms with E-state index in [9.17, 15) is 0 Å². The van der Waals surface area contributed by atoms with E-state index < -0.39 is 46.7 Å². The predicted octanol–water partition coefficient (Wildman–Crippen LogP) is 10.2. The van der Waals surface area contributed by atoms with E-state index in [1.807, 2.05) is 0 Å². The zero-order chi connectivity index (χ0) is 27.9. The number of rotatable bonds is 11. The van der Waals surface area contributed by atoms with Gasteiger partial charge in [-0.3, -0.25) is 0 Å². The maximum absolute atomic E-state index is 3.38. The average molecular weight is 611 g/mol. The van der Waals surface area contributed by atoms with Crippen molar-refractivity contribution in [2.24, 2.45) is 0 Å². The fourth-order valence-electron chi connectivity index (χ4n) is 9.03. The first kappa shape index (κ1) is 33.6. The van der Waals surface area contributed by atoms with E-state index in [4.69, 9.17) is 0 Å². The minimum absolute atomic E-state index is 0.780. The van der Waals surface area contributed by atoms with Crippen molar-refractivity contribution >= 4 is 50.7 Å². The molecule has 1 aliphatic heterocycles. The van der Waals surface area contributed by atoms with Crippen LogP contribution < -0.4 is 0 Å². The van der Waals surface area contributed by atoms with Crippen molar-refractivity contribution in [2.45, 2.75) is 156 Å². The molecule has 0 aromatic carbocycles.